The number of carbonyl (C=O) groups excluding carboxylic acids is 1. The van der Waals surface area contributed by atoms with Crippen molar-refractivity contribution in [2.24, 2.45) is 0 Å². The third kappa shape index (κ3) is 3.17. The highest BCUT2D eigenvalue weighted by Crippen LogP contribution is 2.17. The van der Waals surface area contributed by atoms with Crippen molar-refractivity contribution in [1.82, 2.24) is 10.3 Å². The van der Waals surface area contributed by atoms with Gasteiger partial charge in [0, 0.05) is 15.4 Å². The standard InChI is InChI=1S/C13H13BrN2OS/c1-8(12-7-18-9(2)16-12)15-13(17)10-4-3-5-11(14)6-10/h3-8H,1-2H3,(H,15,17). The summed E-state index contributed by atoms with van der Waals surface area (Å²) in [5.74, 6) is -0.0885. The van der Waals surface area contributed by atoms with Crippen molar-refractivity contribution < 1.29 is 4.79 Å². The van der Waals surface area contributed by atoms with Crippen LogP contribution in [0.3, 0.4) is 0 Å². The van der Waals surface area contributed by atoms with Gasteiger partial charge in [-0.25, -0.2) is 4.98 Å². The van der Waals surface area contributed by atoms with Crippen LogP contribution >= 0.6 is 27.3 Å². The van der Waals surface area contributed by atoms with Crippen LogP contribution in [0.1, 0.15) is 34.0 Å². The lowest BCUT2D eigenvalue weighted by Crippen LogP contribution is -2.26. The predicted molar refractivity (Wildman–Crippen MR) is 76.9 cm³/mol. The Kier molecular flexibility index (Phi) is 4.14. The fraction of sp³-hybridized carbons (Fsp3) is 0.231. The molecule has 0 saturated carbocycles. The van der Waals surface area contributed by atoms with E-state index in [0.29, 0.717) is 5.56 Å². The minimum absolute atomic E-state index is 0.0820. The van der Waals surface area contributed by atoms with Gasteiger partial charge in [-0.2, -0.15) is 0 Å². The van der Waals surface area contributed by atoms with Crippen molar-refractivity contribution in [3.8, 4) is 0 Å². The van der Waals surface area contributed by atoms with E-state index in [-0.39, 0.29) is 11.9 Å². The van der Waals surface area contributed by atoms with Crippen LogP contribution in [0.4, 0.5) is 0 Å². The molecule has 0 fully saturated rings. The SMILES string of the molecule is Cc1nc(C(C)NC(=O)c2cccc(Br)c2)cs1. The van der Waals surface area contributed by atoms with Crippen molar-refractivity contribution >= 4 is 33.2 Å². The molecule has 0 aliphatic rings. The highest BCUT2D eigenvalue weighted by Gasteiger charge is 2.13. The summed E-state index contributed by atoms with van der Waals surface area (Å²) in [6.07, 6.45) is 0. The summed E-state index contributed by atoms with van der Waals surface area (Å²) >= 11 is 4.94. The van der Waals surface area contributed by atoms with Crippen LogP contribution in [0.15, 0.2) is 34.1 Å². The van der Waals surface area contributed by atoms with Gasteiger partial charge in [0.1, 0.15) is 0 Å². The van der Waals surface area contributed by atoms with Crippen molar-refractivity contribution in [2.75, 3.05) is 0 Å². The normalized spacial score (nSPS) is 12.2. The van der Waals surface area contributed by atoms with Crippen LogP contribution in [0.5, 0.6) is 0 Å². The Morgan fingerprint density at radius 3 is 2.89 bits per heavy atom. The van der Waals surface area contributed by atoms with Gasteiger partial charge < -0.3 is 5.32 Å². The van der Waals surface area contributed by atoms with E-state index < -0.39 is 0 Å². The number of hydrogen-bond donors (Lipinski definition) is 1. The molecule has 0 bridgehead atoms. The topological polar surface area (TPSA) is 42.0 Å². The van der Waals surface area contributed by atoms with Crippen molar-refractivity contribution in [2.45, 2.75) is 19.9 Å². The van der Waals surface area contributed by atoms with Crippen LogP contribution in [0, 0.1) is 6.92 Å². The lowest BCUT2D eigenvalue weighted by atomic mass is 10.2. The molecule has 3 nitrogen and oxygen atoms in total. The minimum atomic E-state index is -0.0885. The highest BCUT2D eigenvalue weighted by molar-refractivity contribution is 9.10. The predicted octanol–water partition coefficient (Wildman–Crippen LogP) is 3.71. The number of aryl methyl sites for hydroxylation is 1. The molecule has 2 aromatic rings. The zero-order valence-corrected chi connectivity index (χ0v) is 12.5. The molecule has 0 saturated heterocycles. The molecule has 5 heteroatoms. The number of hydrogen-bond acceptors (Lipinski definition) is 3. The van der Waals surface area contributed by atoms with Gasteiger partial charge in [-0.15, -0.1) is 11.3 Å². The molecule has 1 amide bonds. The Balaban J connectivity index is 2.08. The van der Waals surface area contributed by atoms with E-state index in [9.17, 15) is 4.79 Å². The average molecular weight is 325 g/mol. The van der Waals surface area contributed by atoms with Crippen molar-refractivity contribution in [3.63, 3.8) is 0 Å². The number of thiazole rings is 1. The van der Waals surface area contributed by atoms with Crippen LogP contribution in [0.2, 0.25) is 0 Å². The fourth-order valence-electron chi connectivity index (χ4n) is 1.56. The smallest absolute Gasteiger partial charge is 0.251 e. The average Bonchev–Trinajstić information content (AvgIpc) is 2.76. The second-order valence-electron chi connectivity index (χ2n) is 4.00. The number of amides is 1. The molecule has 0 spiro atoms. The molecule has 1 atom stereocenters. The Morgan fingerprint density at radius 2 is 2.28 bits per heavy atom. The van der Waals surface area contributed by atoms with Crippen LogP contribution in [-0.2, 0) is 0 Å². The summed E-state index contributed by atoms with van der Waals surface area (Å²) in [5.41, 5.74) is 1.55. The van der Waals surface area contributed by atoms with Gasteiger partial charge in [0.2, 0.25) is 0 Å². The van der Waals surface area contributed by atoms with E-state index in [1.54, 1.807) is 23.5 Å². The zero-order valence-electron chi connectivity index (χ0n) is 10.1. The summed E-state index contributed by atoms with van der Waals surface area (Å²) < 4.78 is 0.896. The summed E-state index contributed by atoms with van der Waals surface area (Å²) in [5, 5.41) is 5.92. The molecule has 2 rings (SSSR count). The molecule has 0 radical (unpaired) electrons. The summed E-state index contributed by atoms with van der Waals surface area (Å²) in [7, 11) is 0. The Morgan fingerprint density at radius 1 is 1.50 bits per heavy atom. The first-order chi connectivity index (χ1) is 8.56. The number of aromatic nitrogens is 1. The molecule has 1 aromatic heterocycles. The van der Waals surface area contributed by atoms with E-state index in [1.165, 1.54) is 0 Å². The second-order valence-corrected chi connectivity index (χ2v) is 5.97. The van der Waals surface area contributed by atoms with Gasteiger partial charge >= 0.3 is 0 Å². The van der Waals surface area contributed by atoms with Crippen molar-refractivity contribution in [3.05, 3.63) is 50.4 Å². The number of nitrogens with one attached hydrogen (secondary N) is 1. The number of nitrogens with zero attached hydrogens (tertiary/aromatic N) is 1. The quantitative estimate of drug-likeness (QED) is 0.935. The van der Waals surface area contributed by atoms with Crippen LogP contribution in [-0.4, -0.2) is 10.9 Å². The van der Waals surface area contributed by atoms with Gasteiger partial charge in [0.15, 0.2) is 0 Å². The Labute approximate surface area is 118 Å². The summed E-state index contributed by atoms with van der Waals surface area (Å²) in [6.45, 7) is 3.89. The van der Waals surface area contributed by atoms with Crippen LogP contribution in [0.25, 0.3) is 0 Å². The molecule has 1 N–H and O–H groups in total. The van der Waals surface area contributed by atoms with E-state index in [2.05, 4.69) is 26.2 Å². The fourth-order valence-corrected chi connectivity index (χ4v) is 2.67. The maximum atomic E-state index is 12.0. The second kappa shape index (κ2) is 5.63. The first-order valence-electron chi connectivity index (χ1n) is 5.54. The highest BCUT2D eigenvalue weighted by atomic mass is 79.9. The largest absolute Gasteiger partial charge is 0.344 e. The number of halogens is 1. The first kappa shape index (κ1) is 13.2. The summed E-state index contributed by atoms with van der Waals surface area (Å²) in [6, 6.07) is 7.25. The number of benzene rings is 1. The molecule has 18 heavy (non-hydrogen) atoms. The van der Waals surface area contributed by atoms with Gasteiger partial charge in [-0.05, 0) is 32.0 Å². The molecule has 1 heterocycles. The van der Waals surface area contributed by atoms with Gasteiger partial charge in [-0.3, -0.25) is 4.79 Å². The number of rotatable bonds is 3. The lowest BCUT2D eigenvalue weighted by molar-refractivity contribution is 0.0939. The molecular formula is C13H13BrN2OS. The Hall–Kier alpha value is -1.20. The van der Waals surface area contributed by atoms with E-state index >= 15 is 0 Å². The van der Waals surface area contributed by atoms with Gasteiger partial charge in [-0.1, -0.05) is 22.0 Å². The Bertz CT molecular complexity index is 568. The molecule has 1 aromatic carbocycles. The molecule has 0 aliphatic heterocycles. The third-order valence-corrected chi connectivity index (χ3v) is 3.80. The monoisotopic (exact) mass is 324 g/mol. The van der Waals surface area contributed by atoms with Gasteiger partial charge in [0.05, 0.1) is 16.7 Å². The van der Waals surface area contributed by atoms with Crippen molar-refractivity contribution in [1.29, 1.82) is 0 Å². The van der Waals surface area contributed by atoms with E-state index in [4.69, 9.17) is 0 Å². The molecule has 1 unspecified atom stereocenters. The van der Waals surface area contributed by atoms with E-state index in [1.807, 2.05) is 31.4 Å². The van der Waals surface area contributed by atoms with E-state index in [0.717, 1.165) is 15.2 Å². The molecule has 94 valence electrons. The number of carbonyl (C=O) groups is 1. The summed E-state index contributed by atoms with van der Waals surface area (Å²) in [4.78, 5) is 16.4. The van der Waals surface area contributed by atoms with Crippen LogP contribution < -0.4 is 5.32 Å². The van der Waals surface area contributed by atoms with Gasteiger partial charge in [0.25, 0.3) is 5.91 Å². The maximum absolute atomic E-state index is 12.0. The molecular weight excluding hydrogens is 312 g/mol. The maximum Gasteiger partial charge on any atom is 0.251 e. The molecule has 0 aliphatic carbocycles. The zero-order chi connectivity index (χ0) is 13.1. The minimum Gasteiger partial charge on any atom is -0.344 e. The lowest BCUT2D eigenvalue weighted by Gasteiger charge is -2.11. The first-order valence-corrected chi connectivity index (χ1v) is 7.22. The third-order valence-electron chi connectivity index (χ3n) is 2.51.